The molecule has 1 aliphatic heterocycles. The van der Waals surface area contributed by atoms with E-state index in [1.165, 1.54) is 16.5 Å². The number of nitrogens with zero attached hydrogens (tertiary/aromatic N) is 1. The molecule has 3 rings (SSSR count). The first-order chi connectivity index (χ1) is 7.81. The Bertz CT molecular complexity index is 553. The molecule has 1 aromatic heterocycles. The first-order valence-corrected chi connectivity index (χ1v) is 5.66. The lowest BCUT2D eigenvalue weighted by atomic mass is 10.0. The number of hydrogen-bond donors (Lipinski definition) is 0. The Morgan fingerprint density at radius 3 is 3.06 bits per heavy atom. The summed E-state index contributed by atoms with van der Waals surface area (Å²) < 4.78 is 8.08. The zero-order valence-corrected chi connectivity index (χ0v) is 9.44. The Hall–Kier alpha value is -1.70. The van der Waals surface area contributed by atoms with Gasteiger partial charge >= 0.3 is 0 Å². The highest BCUT2D eigenvalue weighted by Gasteiger charge is 2.23. The van der Waals surface area contributed by atoms with Gasteiger partial charge in [0, 0.05) is 18.0 Å². The van der Waals surface area contributed by atoms with Crippen molar-refractivity contribution >= 4 is 10.9 Å². The van der Waals surface area contributed by atoms with E-state index in [1.54, 1.807) is 0 Å². The van der Waals surface area contributed by atoms with Gasteiger partial charge in [-0.2, -0.15) is 0 Å². The van der Waals surface area contributed by atoms with Crippen LogP contribution in [0.5, 0.6) is 5.88 Å². The van der Waals surface area contributed by atoms with E-state index in [2.05, 4.69) is 42.5 Å². The minimum atomic E-state index is 0.163. The van der Waals surface area contributed by atoms with Gasteiger partial charge in [0.1, 0.15) is 6.10 Å². The van der Waals surface area contributed by atoms with Crippen molar-refractivity contribution in [3.05, 3.63) is 42.5 Å². The summed E-state index contributed by atoms with van der Waals surface area (Å²) in [4.78, 5) is 0. The minimum Gasteiger partial charge on any atom is -0.471 e. The molecule has 1 unspecified atom stereocenters. The normalized spacial score (nSPS) is 19.2. The fourth-order valence-electron chi connectivity index (χ4n) is 2.50. The van der Waals surface area contributed by atoms with E-state index in [-0.39, 0.29) is 6.10 Å². The lowest BCUT2D eigenvalue weighted by molar-refractivity contribution is 0.204. The van der Waals surface area contributed by atoms with Crippen molar-refractivity contribution in [2.45, 2.75) is 18.9 Å². The predicted octanol–water partition coefficient (Wildman–Crippen LogP) is 3.06. The smallest absolute Gasteiger partial charge is 0.198 e. The number of fused-ring (bicyclic) bond motifs is 3. The van der Waals surface area contributed by atoms with Crippen molar-refractivity contribution < 1.29 is 4.74 Å². The molecule has 2 aromatic rings. The molecular formula is C14H15NO. The van der Waals surface area contributed by atoms with Crippen LogP contribution in [0, 0.1) is 0 Å². The number of rotatable bonds is 1. The van der Waals surface area contributed by atoms with E-state index < -0.39 is 0 Å². The fourth-order valence-corrected chi connectivity index (χ4v) is 2.50. The second-order valence-electron chi connectivity index (χ2n) is 4.29. The molecule has 0 aliphatic carbocycles. The number of ether oxygens (including phenoxy) is 1. The monoisotopic (exact) mass is 213 g/mol. The molecule has 0 bridgehead atoms. The molecule has 82 valence electrons. The van der Waals surface area contributed by atoms with Gasteiger partial charge in [0.25, 0.3) is 0 Å². The Labute approximate surface area is 95.1 Å². The summed E-state index contributed by atoms with van der Waals surface area (Å²) in [5.74, 6) is 1.01. The van der Waals surface area contributed by atoms with Crippen molar-refractivity contribution in [2.75, 3.05) is 0 Å². The fraction of sp³-hybridized carbons (Fsp3) is 0.286. The number of para-hydroxylation sites is 1. The van der Waals surface area contributed by atoms with Gasteiger partial charge in [-0.15, -0.1) is 0 Å². The van der Waals surface area contributed by atoms with Gasteiger partial charge in [0.2, 0.25) is 0 Å². The molecule has 0 amide bonds. The van der Waals surface area contributed by atoms with Gasteiger partial charge in [-0.05, 0) is 18.9 Å². The molecule has 16 heavy (non-hydrogen) atoms. The van der Waals surface area contributed by atoms with E-state index >= 15 is 0 Å². The lowest BCUT2D eigenvalue weighted by Crippen LogP contribution is -2.20. The Balaban J connectivity index is 2.24. The quantitative estimate of drug-likeness (QED) is 0.664. The van der Waals surface area contributed by atoms with Crippen molar-refractivity contribution in [1.82, 2.24) is 4.57 Å². The Morgan fingerprint density at radius 2 is 2.25 bits per heavy atom. The molecule has 2 heterocycles. The second kappa shape index (κ2) is 3.41. The Kier molecular flexibility index (Phi) is 2.03. The van der Waals surface area contributed by atoms with Crippen LogP contribution < -0.4 is 4.74 Å². The summed E-state index contributed by atoms with van der Waals surface area (Å²) in [6.45, 7) is 3.81. The van der Waals surface area contributed by atoms with Crippen LogP contribution in [0.1, 0.15) is 12.0 Å². The topological polar surface area (TPSA) is 14.2 Å². The number of aryl methyl sites for hydroxylation is 2. The number of benzene rings is 1. The average Bonchev–Trinajstić information content (AvgIpc) is 2.64. The summed E-state index contributed by atoms with van der Waals surface area (Å²) in [6.07, 6.45) is 4.16. The van der Waals surface area contributed by atoms with E-state index in [1.807, 2.05) is 6.08 Å². The highest BCUT2D eigenvalue weighted by atomic mass is 16.5. The van der Waals surface area contributed by atoms with Gasteiger partial charge in [-0.3, -0.25) is 0 Å². The van der Waals surface area contributed by atoms with E-state index in [0.717, 1.165) is 18.7 Å². The average molecular weight is 213 g/mol. The molecule has 0 fully saturated rings. The number of hydrogen-bond acceptors (Lipinski definition) is 1. The van der Waals surface area contributed by atoms with Crippen LogP contribution in [0.2, 0.25) is 0 Å². The van der Waals surface area contributed by atoms with Crippen LogP contribution in [0.15, 0.2) is 36.9 Å². The molecule has 1 aliphatic rings. The molecule has 2 nitrogen and oxygen atoms in total. The first kappa shape index (κ1) is 9.52. The van der Waals surface area contributed by atoms with Crippen molar-refractivity contribution in [1.29, 1.82) is 0 Å². The van der Waals surface area contributed by atoms with Crippen LogP contribution in [-0.4, -0.2) is 10.7 Å². The predicted molar refractivity (Wildman–Crippen MR) is 65.9 cm³/mol. The molecule has 1 atom stereocenters. The Morgan fingerprint density at radius 1 is 1.44 bits per heavy atom. The number of aromatic nitrogens is 1. The summed E-state index contributed by atoms with van der Waals surface area (Å²) in [7, 11) is 2.06. The standard InChI is InChI=1S/C14H15NO/c1-3-10-8-9-12-11-6-4-5-7-13(11)15(2)14(12)16-10/h3-7,10H,1,8-9H2,2H3. The molecule has 2 heteroatoms. The summed E-state index contributed by atoms with van der Waals surface area (Å²) in [5.41, 5.74) is 2.59. The van der Waals surface area contributed by atoms with Crippen LogP contribution in [0.25, 0.3) is 10.9 Å². The van der Waals surface area contributed by atoms with E-state index in [0.29, 0.717) is 0 Å². The zero-order valence-electron chi connectivity index (χ0n) is 9.44. The van der Waals surface area contributed by atoms with Crippen molar-refractivity contribution in [2.24, 2.45) is 7.05 Å². The van der Waals surface area contributed by atoms with E-state index in [4.69, 9.17) is 4.74 Å². The molecule has 0 N–H and O–H groups in total. The first-order valence-electron chi connectivity index (χ1n) is 5.66. The van der Waals surface area contributed by atoms with Crippen LogP contribution >= 0.6 is 0 Å². The highest BCUT2D eigenvalue weighted by molar-refractivity contribution is 5.87. The third-order valence-electron chi connectivity index (χ3n) is 3.36. The largest absolute Gasteiger partial charge is 0.471 e. The van der Waals surface area contributed by atoms with Crippen LogP contribution in [0.3, 0.4) is 0 Å². The van der Waals surface area contributed by atoms with Gasteiger partial charge < -0.3 is 9.30 Å². The van der Waals surface area contributed by atoms with Gasteiger partial charge in [-0.25, -0.2) is 0 Å². The third kappa shape index (κ3) is 1.19. The maximum atomic E-state index is 5.94. The van der Waals surface area contributed by atoms with Gasteiger partial charge in [-0.1, -0.05) is 30.9 Å². The van der Waals surface area contributed by atoms with Gasteiger partial charge in [0.15, 0.2) is 5.88 Å². The SMILES string of the molecule is C=CC1CCc2c(n(C)c3ccccc23)O1. The second-order valence-corrected chi connectivity index (χ2v) is 4.29. The molecular weight excluding hydrogens is 198 g/mol. The lowest BCUT2D eigenvalue weighted by Gasteiger charge is -2.22. The summed E-state index contributed by atoms with van der Waals surface area (Å²) in [6, 6.07) is 8.46. The molecule has 0 saturated heterocycles. The van der Waals surface area contributed by atoms with Crippen molar-refractivity contribution in [3.8, 4) is 5.88 Å². The minimum absolute atomic E-state index is 0.163. The highest BCUT2D eigenvalue weighted by Crippen LogP contribution is 2.36. The van der Waals surface area contributed by atoms with Gasteiger partial charge in [0.05, 0.1) is 5.52 Å². The molecule has 0 radical (unpaired) electrons. The summed E-state index contributed by atoms with van der Waals surface area (Å²) in [5, 5.41) is 1.32. The van der Waals surface area contributed by atoms with Crippen LogP contribution in [-0.2, 0) is 13.5 Å². The third-order valence-corrected chi connectivity index (χ3v) is 3.36. The maximum absolute atomic E-state index is 5.94. The summed E-state index contributed by atoms with van der Waals surface area (Å²) >= 11 is 0. The molecule has 0 spiro atoms. The van der Waals surface area contributed by atoms with Crippen LogP contribution in [0.4, 0.5) is 0 Å². The molecule has 0 saturated carbocycles. The zero-order chi connectivity index (χ0) is 11.1. The van der Waals surface area contributed by atoms with Crippen molar-refractivity contribution in [3.63, 3.8) is 0 Å². The maximum Gasteiger partial charge on any atom is 0.198 e. The van der Waals surface area contributed by atoms with E-state index in [9.17, 15) is 0 Å². The molecule has 1 aromatic carbocycles.